The molecule has 0 saturated heterocycles. The van der Waals surface area contributed by atoms with Crippen molar-refractivity contribution in [3.8, 4) is 0 Å². The molecular formula is C7H8ClNO2. The number of halogens is 1. The highest BCUT2D eigenvalue weighted by atomic mass is 35.5. The minimum absolute atomic E-state index is 0.0387. The number of carbonyl (C=O) groups excluding carboxylic acids is 1. The van der Waals surface area contributed by atoms with Gasteiger partial charge in [-0.3, -0.25) is 4.79 Å². The standard InChI is InChI=1S/C7H8ClNO2/c8-7-3-5(4-11-7)6(10)1-2-9/h3-4H,1-2,9H2. The average Bonchev–Trinajstić information content (AvgIpc) is 2.36. The van der Waals surface area contributed by atoms with E-state index in [2.05, 4.69) is 0 Å². The first kappa shape index (κ1) is 8.30. The number of hydrogen-bond donors (Lipinski definition) is 1. The highest BCUT2D eigenvalue weighted by molar-refractivity contribution is 6.29. The van der Waals surface area contributed by atoms with E-state index in [1.54, 1.807) is 0 Å². The zero-order valence-corrected chi connectivity index (χ0v) is 6.60. The third kappa shape index (κ3) is 2.06. The van der Waals surface area contributed by atoms with Gasteiger partial charge in [-0.25, -0.2) is 0 Å². The second-order valence-electron chi connectivity index (χ2n) is 2.10. The predicted molar refractivity (Wildman–Crippen MR) is 41.7 cm³/mol. The smallest absolute Gasteiger partial charge is 0.193 e. The molecule has 0 amide bonds. The van der Waals surface area contributed by atoms with Gasteiger partial charge in [0.25, 0.3) is 0 Å². The Bertz CT molecular complexity index is 257. The highest BCUT2D eigenvalue weighted by Crippen LogP contribution is 2.14. The molecule has 2 N–H and O–H groups in total. The van der Waals surface area contributed by atoms with Crippen LogP contribution in [0.4, 0.5) is 0 Å². The summed E-state index contributed by atoms with van der Waals surface area (Å²) >= 11 is 5.45. The summed E-state index contributed by atoms with van der Waals surface area (Å²) in [7, 11) is 0. The molecule has 0 bridgehead atoms. The van der Waals surface area contributed by atoms with Crippen molar-refractivity contribution in [2.45, 2.75) is 6.42 Å². The van der Waals surface area contributed by atoms with Crippen molar-refractivity contribution in [2.24, 2.45) is 5.73 Å². The van der Waals surface area contributed by atoms with E-state index in [0.717, 1.165) is 0 Å². The number of carbonyl (C=O) groups is 1. The fourth-order valence-electron chi connectivity index (χ4n) is 0.732. The first-order valence-corrected chi connectivity index (χ1v) is 3.59. The molecular weight excluding hydrogens is 166 g/mol. The molecule has 0 unspecified atom stereocenters. The van der Waals surface area contributed by atoms with Gasteiger partial charge in [0.1, 0.15) is 6.26 Å². The molecule has 0 aromatic carbocycles. The van der Waals surface area contributed by atoms with Crippen LogP contribution in [0.1, 0.15) is 16.8 Å². The molecule has 0 fully saturated rings. The van der Waals surface area contributed by atoms with Gasteiger partial charge in [0.2, 0.25) is 0 Å². The second-order valence-corrected chi connectivity index (χ2v) is 2.47. The molecule has 1 rings (SSSR count). The number of nitrogens with two attached hydrogens (primary N) is 1. The number of furan rings is 1. The number of Topliss-reactive ketones (excluding diaryl/α,β-unsaturated/α-hetero) is 1. The molecule has 0 spiro atoms. The Morgan fingerprint density at radius 2 is 2.45 bits per heavy atom. The molecule has 0 saturated carbocycles. The van der Waals surface area contributed by atoms with Gasteiger partial charge in [-0.15, -0.1) is 0 Å². The van der Waals surface area contributed by atoms with Crippen LogP contribution in [0, 0.1) is 0 Å². The monoisotopic (exact) mass is 173 g/mol. The summed E-state index contributed by atoms with van der Waals surface area (Å²) in [4.78, 5) is 11.1. The quantitative estimate of drug-likeness (QED) is 0.705. The van der Waals surface area contributed by atoms with Crippen molar-refractivity contribution in [3.63, 3.8) is 0 Å². The van der Waals surface area contributed by atoms with Crippen molar-refractivity contribution in [1.29, 1.82) is 0 Å². The lowest BCUT2D eigenvalue weighted by atomic mass is 10.2. The summed E-state index contributed by atoms with van der Waals surface area (Å²) in [6.07, 6.45) is 1.66. The number of rotatable bonds is 3. The molecule has 0 aliphatic heterocycles. The van der Waals surface area contributed by atoms with E-state index in [9.17, 15) is 4.79 Å². The summed E-state index contributed by atoms with van der Waals surface area (Å²) < 4.78 is 4.74. The van der Waals surface area contributed by atoms with Gasteiger partial charge >= 0.3 is 0 Å². The molecule has 0 aliphatic carbocycles. The van der Waals surface area contributed by atoms with E-state index in [-0.39, 0.29) is 11.0 Å². The van der Waals surface area contributed by atoms with Gasteiger partial charge < -0.3 is 10.2 Å². The van der Waals surface area contributed by atoms with Crippen molar-refractivity contribution < 1.29 is 9.21 Å². The SMILES string of the molecule is NCCC(=O)c1coc(Cl)c1. The van der Waals surface area contributed by atoms with Crippen molar-refractivity contribution in [3.05, 3.63) is 23.1 Å². The van der Waals surface area contributed by atoms with Crippen molar-refractivity contribution in [1.82, 2.24) is 0 Å². The van der Waals surface area contributed by atoms with Crippen LogP contribution in [-0.4, -0.2) is 12.3 Å². The van der Waals surface area contributed by atoms with E-state index in [1.807, 2.05) is 0 Å². The Morgan fingerprint density at radius 3 is 2.91 bits per heavy atom. The van der Waals surface area contributed by atoms with Gasteiger partial charge in [0, 0.05) is 12.5 Å². The minimum atomic E-state index is -0.0387. The Labute approximate surface area is 69.1 Å². The Hall–Kier alpha value is -0.800. The summed E-state index contributed by atoms with van der Waals surface area (Å²) in [5.41, 5.74) is 5.68. The van der Waals surface area contributed by atoms with E-state index in [0.29, 0.717) is 18.5 Å². The van der Waals surface area contributed by atoms with Crippen LogP contribution < -0.4 is 5.73 Å². The van der Waals surface area contributed by atoms with Gasteiger partial charge in [-0.1, -0.05) is 0 Å². The van der Waals surface area contributed by atoms with Gasteiger partial charge in [-0.05, 0) is 18.1 Å². The lowest BCUT2D eigenvalue weighted by molar-refractivity contribution is 0.0985. The van der Waals surface area contributed by atoms with Gasteiger partial charge in [0.05, 0.1) is 5.56 Å². The van der Waals surface area contributed by atoms with Crippen LogP contribution in [0.2, 0.25) is 5.22 Å². The normalized spacial score (nSPS) is 10.0. The zero-order chi connectivity index (χ0) is 8.27. The van der Waals surface area contributed by atoms with E-state index >= 15 is 0 Å². The second kappa shape index (κ2) is 3.55. The van der Waals surface area contributed by atoms with Crippen LogP contribution in [0.25, 0.3) is 0 Å². The third-order valence-electron chi connectivity index (χ3n) is 1.26. The fraction of sp³-hybridized carbons (Fsp3) is 0.286. The van der Waals surface area contributed by atoms with Crippen LogP contribution in [-0.2, 0) is 0 Å². The Balaban J connectivity index is 2.69. The maximum Gasteiger partial charge on any atom is 0.193 e. The molecule has 60 valence electrons. The molecule has 1 heterocycles. The van der Waals surface area contributed by atoms with Crippen molar-refractivity contribution >= 4 is 17.4 Å². The molecule has 1 aromatic heterocycles. The highest BCUT2D eigenvalue weighted by Gasteiger charge is 2.07. The molecule has 1 aromatic rings. The van der Waals surface area contributed by atoms with Gasteiger partial charge in [-0.2, -0.15) is 0 Å². The minimum Gasteiger partial charge on any atom is -0.452 e. The fourth-order valence-corrected chi connectivity index (χ4v) is 0.894. The molecule has 0 aliphatic rings. The Kier molecular flexibility index (Phi) is 2.68. The summed E-state index contributed by atoms with van der Waals surface area (Å²) in [6, 6.07) is 1.49. The molecule has 11 heavy (non-hydrogen) atoms. The van der Waals surface area contributed by atoms with Crippen LogP contribution in [0.15, 0.2) is 16.7 Å². The summed E-state index contributed by atoms with van der Waals surface area (Å²) in [5, 5.41) is 0.227. The average molecular weight is 174 g/mol. The van der Waals surface area contributed by atoms with Gasteiger partial charge in [0.15, 0.2) is 11.0 Å². The first-order chi connectivity index (χ1) is 5.24. The maximum absolute atomic E-state index is 11.1. The molecule has 0 radical (unpaired) electrons. The third-order valence-corrected chi connectivity index (χ3v) is 1.46. The van der Waals surface area contributed by atoms with E-state index < -0.39 is 0 Å². The number of ketones is 1. The topological polar surface area (TPSA) is 56.2 Å². The maximum atomic E-state index is 11.1. The Morgan fingerprint density at radius 1 is 1.73 bits per heavy atom. The number of hydrogen-bond acceptors (Lipinski definition) is 3. The van der Waals surface area contributed by atoms with Crippen LogP contribution in [0.3, 0.4) is 0 Å². The zero-order valence-electron chi connectivity index (χ0n) is 5.84. The largest absolute Gasteiger partial charge is 0.452 e. The van der Waals surface area contributed by atoms with E-state index in [1.165, 1.54) is 12.3 Å². The summed E-state index contributed by atoms with van der Waals surface area (Å²) in [5.74, 6) is -0.0387. The first-order valence-electron chi connectivity index (χ1n) is 3.21. The molecule has 4 heteroatoms. The van der Waals surface area contributed by atoms with Crippen LogP contribution in [0.5, 0.6) is 0 Å². The van der Waals surface area contributed by atoms with Crippen LogP contribution >= 0.6 is 11.6 Å². The molecule has 3 nitrogen and oxygen atoms in total. The molecule has 0 atom stereocenters. The van der Waals surface area contributed by atoms with E-state index in [4.69, 9.17) is 21.8 Å². The lowest BCUT2D eigenvalue weighted by Crippen LogP contribution is -2.06. The summed E-state index contributed by atoms with van der Waals surface area (Å²) in [6.45, 7) is 0.349. The predicted octanol–water partition coefficient (Wildman–Crippen LogP) is 1.46. The lowest BCUT2D eigenvalue weighted by Gasteiger charge is -1.90. The van der Waals surface area contributed by atoms with Crippen molar-refractivity contribution in [2.75, 3.05) is 6.54 Å².